The predicted molar refractivity (Wildman–Crippen MR) is 171 cm³/mol. The molecule has 0 bridgehead atoms. The summed E-state index contributed by atoms with van der Waals surface area (Å²) in [5.41, 5.74) is 6.68. The van der Waals surface area contributed by atoms with Crippen molar-refractivity contribution in [2.75, 3.05) is 12.4 Å². The molecule has 1 aliphatic heterocycles. The van der Waals surface area contributed by atoms with Gasteiger partial charge in [0.2, 0.25) is 0 Å². The summed E-state index contributed by atoms with van der Waals surface area (Å²) in [6, 6.07) is 21.0. The second-order valence-electron chi connectivity index (χ2n) is 11.3. The molecule has 0 aliphatic carbocycles. The highest BCUT2D eigenvalue weighted by atomic mass is 32.1. The number of carbonyl (C=O) groups excluding carboxylic acids is 1. The molecule has 0 unspecified atom stereocenters. The van der Waals surface area contributed by atoms with Crippen molar-refractivity contribution in [3.05, 3.63) is 126 Å². The van der Waals surface area contributed by atoms with Crippen molar-refractivity contribution in [3.63, 3.8) is 0 Å². The summed E-state index contributed by atoms with van der Waals surface area (Å²) in [5, 5.41) is 3.01. The lowest BCUT2D eigenvalue weighted by Crippen LogP contribution is -2.40. The van der Waals surface area contributed by atoms with Crippen molar-refractivity contribution in [2.24, 2.45) is 4.99 Å². The highest BCUT2D eigenvalue weighted by Gasteiger charge is 2.32. The van der Waals surface area contributed by atoms with E-state index in [4.69, 9.17) is 9.73 Å². The van der Waals surface area contributed by atoms with E-state index in [1.165, 1.54) is 16.9 Å². The van der Waals surface area contributed by atoms with Gasteiger partial charge in [0.15, 0.2) is 4.80 Å². The molecular formula is C35H37N3O3S. The summed E-state index contributed by atoms with van der Waals surface area (Å²) in [5.74, 6) is 1.19. The van der Waals surface area contributed by atoms with E-state index in [1.807, 2.05) is 68.5 Å². The number of hydrogen-bond acceptors (Lipinski definition) is 5. The average molecular weight is 580 g/mol. The molecule has 0 fully saturated rings. The van der Waals surface area contributed by atoms with Crippen molar-refractivity contribution in [1.29, 1.82) is 0 Å². The number of rotatable bonds is 7. The van der Waals surface area contributed by atoms with Gasteiger partial charge in [-0.15, -0.1) is 0 Å². The fourth-order valence-electron chi connectivity index (χ4n) is 5.35. The third-order valence-electron chi connectivity index (χ3n) is 7.74. The zero-order chi connectivity index (χ0) is 30.1. The number of fused-ring (bicyclic) bond motifs is 1. The van der Waals surface area contributed by atoms with Gasteiger partial charge in [-0.3, -0.25) is 14.2 Å². The second-order valence-corrected chi connectivity index (χ2v) is 12.3. The van der Waals surface area contributed by atoms with Crippen LogP contribution in [0.5, 0.6) is 5.75 Å². The Morgan fingerprint density at radius 2 is 1.69 bits per heavy atom. The summed E-state index contributed by atoms with van der Waals surface area (Å²) < 4.78 is 7.87. The molecule has 1 aromatic heterocycles. The Labute approximate surface area is 250 Å². The molecule has 0 saturated carbocycles. The highest BCUT2D eigenvalue weighted by Crippen LogP contribution is 2.32. The minimum absolute atomic E-state index is 0.171. The molecule has 3 aromatic carbocycles. The Balaban J connectivity index is 1.69. The maximum Gasteiger partial charge on any atom is 0.271 e. The lowest BCUT2D eigenvalue weighted by atomic mass is 9.93. The fourth-order valence-corrected chi connectivity index (χ4v) is 6.39. The minimum Gasteiger partial charge on any atom is -0.496 e. The van der Waals surface area contributed by atoms with Gasteiger partial charge in [0.25, 0.3) is 11.5 Å². The van der Waals surface area contributed by atoms with Crippen LogP contribution in [0.3, 0.4) is 0 Å². The normalized spacial score (nSPS) is 15.2. The molecular weight excluding hydrogens is 542 g/mol. The molecule has 216 valence electrons. The number of allylic oxidation sites excluding steroid dienone is 1. The number of amides is 1. The molecule has 5 rings (SSSR count). The number of ether oxygens (including phenoxy) is 1. The monoisotopic (exact) mass is 579 g/mol. The molecule has 0 radical (unpaired) electrons. The summed E-state index contributed by atoms with van der Waals surface area (Å²) >= 11 is 1.35. The van der Waals surface area contributed by atoms with Crippen molar-refractivity contribution >= 4 is 29.0 Å². The van der Waals surface area contributed by atoms with Gasteiger partial charge < -0.3 is 10.1 Å². The van der Waals surface area contributed by atoms with Crippen LogP contribution in [0.15, 0.2) is 87.8 Å². The number of hydrogen-bond donors (Lipinski definition) is 1. The number of aromatic nitrogens is 1. The second kappa shape index (κ2) is 11.9. The van der Waals surface area contributed by atoms with E-state index in [1.54, 1.807) is 11.7 Å². The quantitative estimate of drug-likeness (QED) is 0.274. The molecule has 7 heteroatoms. The van der Waals surface area contributed by atoms with Crippen molar-refractivity contribution in [2.45, 2.75) is 59.4 Å². The Morgan fingerprint density at radius 1 is 1.00 bits per heavy atom. The Kier molecular flexibility index (Phi) is 8.32. The number of nitrogens with zero attached hydrogens (tertiary/aromatic N) is 2. The topological polar surface area (TPSA) is 72.7 Å². The van der Waals surface area contributed by atoms with Crippen LogP contribution in [0.2, 0.25) is 0 Å². The van der Waals surface area contributed by atoms with E-state index in [2.05, 4.69) is 51.2 Å². The van der Waals surface area contributed by atoms with Gasteiger partial charge in [0.1, 0.15) is 5.75 Å². The number of para-hydroxylation sites is 1. The van der Waals surface area contributed by atoms with Crippen LogP contribution < -0.4 is 24.9 Å². The standard InChI is InChI=1S/C35H37N3O3S/c1-20(2)24-13-15-25(16-14-24)32-31(33(39)37-27-11-9-8-10-12-27)23(6)36-35-38(32)34(40)30(42-35)19-26-18-28(21(3)4)29(41-7)17-22(26)5/h8-21,32H,1-7H3,(H,37,39)/b30-19+/t32-/m1/s1. The number of nitrogens with one attached hydrogen (secondary N) is 1. The molecule has 4 aromatic rings. The maximum absolute atomic E-state index is 14.2. The van der Waals surface area contributed by atoms with Crippen LogP contribution in [0.1, 0.15) is 80.3 Å². The Morgan fingerprint density at radius 3 is 2.31 bits per heavy atom. The van der Waals surface area contributed by atoms with Gasteiger partial charge in [0.05, 0.1) is 29.0 Å². The van der Waals surface area contributed by atoms with Crippen LogP contribution in [-0.4, -0.2) is 17.6 Å². The SMILES string of the molecule is COc1cc(C)c(/C=c2/sc3n(c2=O)[C@H](c2ccc(C(C)C)cc2)C(C(=O)Nc2ccccc2)=C(C)N=3)cc1C(C)C. The minimum atomic E-state index is -0.614. The van der Waals surface area contributed by atoms with Crippen molar-refractivity contribution in [3.8, 4) is 5.75 Å². The van der Waals surface area contributed by atoms with E-state index in [9.17, 15) is 9.59 Å². The van der Waals surface area contributed by atoms with Gasteiger partial charge in [-0.25, -0.2) is 4.99 Å². The van der Waals surface area contributed by atoms with Crippen molar-refractivity contribution in [1.82, 2.24) is 4.57 Å². The third-order valence-corrected chi connectivity index (χ3v) is 8.73. The molecule has 1 N–H and O–H groups in total. The average Bonchev–Trinajstić information content (AvgIpc) is 3.27. The first-order valence-electron chi connectivity index (χ1n) is 14.3. The number of anilines is 1. The van der Waals surface area contributed by atoms with E-state index in [0.29, 0.717) is 32.2 Å². The molecule has 1 atom stereocenters. The van der Waals surface area contributed by atoms with Crippen LogP contribution in [0, 0.1) is 6.92 Å². The number of aryl methyl sites for hydroxylation is 1. The van der Waals surface area contributed by atoms with Gasteiger partial charge >= 0.3 is 0 Å². The fraction of sp³-hybridized carbons (Fsp3) is 0.286. The van der Waals surface area contributed by atoms with Gasteiger partial charge in [-0.1, -0.05) is 81.5 Å². The molecule has 1 aliphatic rings. The molecule has 6 nitrogen and oxygen atoms in total. The zero-order valence-electron chi connectivity index (χ0n) is 25.2. The maximum atomic E-state index is 14.2. The largest absolute Gasteiger partial charge is 0.496 e. The van der Waals surface area contributed by atoms with Gasteiger partial charge in [-0.2, -0.15) is 0 Å². The molecule has 42 heavy (non-hydrogen) atoms. The zero-order valence-corrected chi connectivity index (χ0v) is 26.0. The van der Waals surface area contributed by atoms with Gasteiger partial charge in [0, 0.05) is 5.69 Å². The molecule has 1 amide bonds. The number of carbonyl (C=O) groups is 1. The smallest absolute Gasteiger partial charge is 0.271 e. The molecule has 0 spiro atoms. The first-order valence-corrected chi connectivity index (χ1v) is 15.1. The predicted octanol–water partition coefficient (Wildman–Crippen LogP) is 6.44. The number of methoxy groups -OCH3 is 1. The summed E-state index contributed by atoms with van der Waals surface area (Å²) in [7, 11) is 1.68. The highest BCUT2D eigenvalue weighted by molar-refractivity contribution is 7.07. The van der Waals surface area contributed by atoms with E-state index in [-0.39, 0.29) is 17.4 Å². The first-order chi connectivity index (χ1) is 20.1. The summed E-state index contributed by atoms with van der Waals surface area (Å²) in [6.45, 7) is 12.4. The Hall–Kier alpha value is -4.23. The van der Waals surface area contributed by atoms with Gasteiger partial charge in [-0.05, 0) is 83.8 Å². The first kappa shape index (κ1) is 29.3. The third kappa shape index (κ3) is 5.61. The number of benzene rings is 3. The van der Waals surface area contributed by atoms with E-state index >= 15 is 0 Å². The van der Waals surface area contributed by atoms with Crippen LogP contribution >= 0.6 is 11.3 Å². The lowest BCUT2D eigenvalue weighted by molar-refractivity contribution is -0.113. The Bertz CT molecular complexity index is 1850. The lowest BCUT2D eigenvalue weighted by Gasteiger charge is -2.25. The van der Waals surface area contributed by atoms with Crippen molar-refractivity contribution < 1.29 is 9.53 Å². The summed E-state index contributed by atoms with van der Waals surface area (Å²) in [6.07, 6.45) is 1.94. The summed E-state index contributed by atoms with van der Waals surface area (Å²) in [4.78, 5) is 33.3. The van der Waals surface area contributed by atoms with E-state index in [0.717, 1.165) is 28.0 Å². The van der Waals surface area contributed by atoms with Crippen LogP contribution in [0.4, 0.5) is 5.69 Å². The molecule has 2 heterocycles. The molecule has 0 saturated heterocycles. The number of thiazole rings is 1. The van der Waals surface area contributed by atoms with E-state index < -0.39 is 6.04 Å². The van der Waals surface area contributed by atoms with Crippen LogP contribution in [-0.2, 0) is 4.79 Å². The van der Waals surface area contributed by atoms with Crippen LogP contribution in [0.25, 0.3) is 6.08 Å².